The predicted molar refractivity (Wildman–Crippen MR) is 117 cm³/mol. The molecule has 0 unspecified atom stereocenters. The van der Waals surface area contributed by atoms with Crippen LogP contribution in [0.25, 0.3) is 6.08 Å². The first kappa shape index (κ1) is 21.6. The number of ether oxygens (including phenoxy) is 4. The normalized spacial score (nSPS) is 10.5. The first-order valence-electron chi connectivity index (χ1n) is 9.45. The van der Waals surface area contributed by atoms with Gasteiger partial charge in [-0.05, 0) is 35.9 Å². The summed E-state index contributed by atoms with van der Waals surface area (Å²) < 4.78 is 21.2. The second kappa shape index (κ2) is 10.1. The largest absolute Gasteiger partial charge is 0.493 e. The highest BCUT2D eigenvalue weighted by Crippen LogP contribution is 2.38. The molecule has 0 aliphatic rings. The molecule has 31 heavy (non-hydrogen) atoms. The highest BCUT2D eigenvalue weighted by molar-refractivity contribution is 6.06. The van der Waals surface area contributed by atoms with Gasteiger partial charge in [-0.2, -0.15) is 0 Å². The zero-order valence-corrected chi connectivity index (χ0v) is 17.5. The molecule has 0 spiro atoms. The molecule has 3 aromatic carbocycles. The van der Waals surface area contributed by atoms with Crippen molar-refractivity contribution in [3.63, 3.8) is 0 Å². The Bertz CT molecular complexity index is 1060. The Morgan fingerprint density at radius 3 is 1.90 bits per heavy atom. The van der Waals surface area contributed by atoms with Gasteiger partial charge in [-0.1, -0.05) is 48.5 Å². The molecule has 0 aromatic heterocycles. The van der Waals surface area contributed by atoms with Crippen molar-refractivity contribution in [1.82, 2.24) is 0 Å². The third-order valence-electron chi connectivity index (χ3n) is 4.48. The third kappa shape index (κ3) is 5.30. The van der Waals surface area contributed by atoms with Crippen molar-refractivity contribution in [2.75, 3.05) is 21.3 Å². The van der Waals surface area contributed by atoms with Crippen LogP contribution < -0.4 is 18.9 Å². The summed E-state index contributed by atoms with van der Waals surface area (Å²) in [6.45, 7) is 0. The molecule has 0 radical (unpaired) electrons. The first-order valence-corrected chi connectivity index (χ1v) is 9.45. The number of allylic oxidation sites excluding steroid dienone is 1. The molecule has 0 N–H and O–H groups in total. The maximum absolute atomic E-state index is 12.6. The van der Waals surface area contributed by atoms with E-state index in [4.69, 9.17) is 18.9 Å². The summed E-state index contributed by atoms with van der Waals surface area (Å²) in [6.07, 6.45) is 3.21. The van der Waals surface area contributed by atoms with Gasteiger partial charge in [0.05, 0.1) is 26.9 Å². The van der Waals surface area contributed by atoms with Gasteiger partial charge in [0.1, 0.15) is 5.75 Å². The summed E-state index contributed by atoms with van der Waals surface area (Å²) in [7, 11) is 4.43. The number of rotatable bonds is 8. The summed E-state index contributed by atoms with van der Waals surface area (Å²) in [4.78, 5) is 24.7. The van der Waals surface area contributed by atoms with Gasteiger partial charge in [-0.3, -0.25) is 4.79 Å². The van der Waals surface area contributed by atoms with Crippen molar-refractivity contribution in [3.8, 4) is 23.0 Å². The van der Waals surface area contributed by atoms with Crippen LogP contribution in [0.15, 0.2) is 72.8 Å². The number of methoxy groups -OCH3 is 3. The number of hydrogen-bond donors (Lipinski definition) is 0. The minimum atomic E-state index is -0.568. The molecule has 3 aromatic rings. The van der Waals surface area contributed by atoms with E-state index in [1.54, 1.807) is 42.5 Å². The Labute approximate surface area is 180 Å². The number of carbonyl (C=O) groups excluding carboxylic acids is 2. The molecule has 6 heteroatoms. The van der Waals surface area contributed by atoms with Crippen LogP contribution in [-0.4, -0.2) is 33.1 Å². The lowest BCUT2D eigenvalue weighted by molar-refractivity contribution is 0.0733. The standard InChI is InChI=1S/C25H22O6/c1-28-22-15-19(16-23(29-2)24(22)30-3)25(27)31-20-12-9-17(10-13-20)11-14-21(26)18-7-5-4-6-8-18/h4-16H,1-3H3/b14-11-. The van der Waals surface area contributed by atoms with Gasteiger partial charge in [0.2, 0.25) is 5.75 Å². The second-order valence-electron chi connectivity index (χ2n) is 6.44. The molecule has 0 fully saturated rings. The molecule has 0 saturated heterocycles. The van der Waals surface area contributed by atoms with Crippen molar-refractivity contribution >= 4 is 17.8 Å². The van der Waals surface area contributed by atoms with Crippen molar-refractivity contribution in [3.05, 3.63) is 89.5 Å². The van der Waals surface area contributed by atoms with E-state index in [0.29, 0.717) is 28.6 Å². The molecule has 0 saturated carbocycles. The minimum Gasteiger partial charge on any atom is -0.493 e. The Morgan fingerprint density at radius 1 is 0.742 bits per heavy atom. The number of carbonyl (C=O) groups is 2. The summed E-state index contributed by atoms with van der Waals surface area (Å²) >= 11 is 0. The van der Waals surface area contributed by atoms with E-state index >= 15 is 0 Å². The fraction of sp³-hybridized carbons (Fsp3) is 0.120. The van der Waals surface area contributed by atoms with E-state index in [2.05, 4.69) is 0 Å². The van der Waals surface area contributed by atoms with Crippen molar-refractivity contribution < 1.29 is 28.5 Å². The summed E-state index contributed by atoms with van der Waals surface area (Å²) in [5, 5.41) is 0. The van der Waals surface area contributed by atoms with Crippen molar-refractivity contribution in [2.24, 2.45) is 0 Å². The van der Waals surface area contributed by atoms with Crippen LogP contribution in [0.5, 0.6) is 23.0 Å². The Morgan fingerprint density at radius 2 is 1.35 bits per heavy atom. The Hall–Kier alpha value is -4.06. The van der Waals surface area contributed by atoms with Crippen LogP contribution in [0.2, 0.25) is 0 Å². The molecule has 0 amide bonds. The maximum Gasteiger partial charge on any atom is 0.343 e. The van der Waals surface area contributed by atoms with Gasteiger partial charge in [-0.25, -0.2) is 4.79 Å². The number of esters is 1. The average molecular weight is 418 g/mol. The molecule has 0 aliphatic heterocycles. The molecule has 0 aliphatic carbocycles. The van der Waals surface area contributed by atoms with E-state index in [-0.39, 0.29) is 11.3 Å². The quantitative estimate of drug-likeness (QED) is 0.226. The molecular formula is C25H22O6. The lowest BCUT2D eigenvalue weighted by Crippen LogP contribution is -2.09. The third-order valence-corrected chi connectivity index (χ3v) is 4.48. The van der Waals surface area contributed by atoms with E-state index in [9.17, 15) is 9.59 Å². The Kier molecular flexibility index (Phi) is 7.06. The fourth-order valence-electron chi connectivity index (χ4n) is 2.88. The smallest absolute Gasteiger partial charge is 0.343 e. The van der Waals surface area contributed by atoms with Crippen molar-refractivity contribution in [2.45, 2.75) is 0 Å². The van der Waals surface area contributed by atoms with Crippen LogP contribution in [0.3, 0.4) is 0 Å². The van der Waals surface area contributed by atoms with Crippen LogP contribution in [0, 0.1) is 0 Å². The lowest BCUT2D eigenvalue weighted by Gasteiger charge is -2.13. The van der Waals surface area contributed by atoms with Gasteiger partial charge in [0.25, 0.3) is 0 Å². The molecule has 6 nitrogen and oxygen atoms in total. The highest BCUT2D eigenvalue weighted by atomic mass is 16.5. The van der Waals surface area contributed by atoms with Crippen LogP contribution in [0.1, 0.15) is 26.3 Å². The SMILES string of the molecule is COc1cc(C(=O)Oc2ccc(/C=C\C(=O)c3ccccc3)cc2)cc(OC)c1OC. The zero-order chi connectivity index (χ0) is 22.2. The molecule has 0 atom stereocenters. The van der Waals surface area contributed by atoms with Gasteiger partial charge in [-0.15, -0.1) is 0 Å². The number of hydrogen-bond acceptors (Lipinski definition) is 6. The fourth-order valence-corrected chi connectivity index (χ4v) is 2.88. The topological polar surface area (TPSA) is 71.1 Å². The first-order chi connectivity index (χ1) is 15.0. The minimum absolute atomic E-state index is 0.0847. The van der Waals surface area contributed by atoms with E-state index in [1.807, 2.05) is 18.2 Å². The van der Waals surface area contributed by atoms with Crippen LogP contribution in [-0.2, 0) is 0 Å². The average Bonchev–Trinajstić information content (AvgIpc) is 2.82. The molecular weight excluding hydrogens is 396 g/mol. The monoisotopic (exact) mass is 418 g/mol. The van der Waals surface area contributed by atoms with Gasteiger partial charge in [0.15, 0.2) is 17.3 Å². The van der Waals surface area contributed by atoms with E-state index < -0.39 is 5.97 Å². The maximum atomic E-state index is 12.6. The second-order valence-corrected chi connectivity index (χ2v) is 6.44. The van der Waals surface area contributed by atoms with Crippen LogP contribution >= 0.6 is 0 Å². The van der Waals surface area contributed by atoms with E-state index in [1.165, 1.54) is 39.5 Å². The number of ketones is 1. The predicted octanol–water partition coefficient (Wildman–Crippen LogP) is 4.83. The molecule has 0 heterocycles. The van der Waals surface area contributed by atoms with Gasteiger partial charge >= 0.3 is 5.97 Å². The Balaban J connectivity index is 1.70. The van der Waals surface area contributed by atoms with E-state index in [0.717, 1.165) is 5.56 Å². The summed E-state index contributed by atoms with van der Waals surface area (Å²) in [5.41, 5.74) is 1.68. The van der Waals surface area contributed by atoms with Crippen molar-refractivity contribution in [1.29, 1.82) is 0 Å². The number of benzene rings is 3. The highest BCUT2D eigenvalue weighted by Gasteiger charge is 2.18. The summed E-state index contributed by atoms with van der Waals surface area (Å²) in [6, 6.07) is 18.9. The zero-order valence-electron chi connectivity index (χ0n) is 17.5. The van der Waals surface area contributed by atoms with Crippen LogP contribution in [0.4, 0.5) is 0 Å². The summed E-state index contributed by atoms with van der Waals surface area (Å²) in [5.74, 6) is 0.822. The van der Waals surface area contributed by atoms with Gasteiger partial charge in [0, 0.05) is 5.56 Å². The molecule has 0 bridgehead atoms. The van der Waals surface area contributed by atoms with Gasteiger partial charge < -0.3 is 18.9 Å². The lowest BCUT2D eigenvalue weighted by atomic mass is 10.1. The molecule has 3 rings (SSSR count). The molecule has 158 valence electrons.